The highest BCUT2D eigenvalue weighted by molar-refractivity contribution is 4.80. The molecule has 0 spiro atoms. The first-order valence-corrected chi connectivity index (χ1v) is 7.44. The van der Waals surface area contributed by atoms with Crippen LogP contribution in [0.15, 0.2) is 0 Å². The smallest absolute Gasteiger partial charge is 0.316 e. The number of piperazine rings is 1. The monoisotopic (exact) mass is 295 g/mol. The van der Waals surface area contributed by atoms with Crippen LogP contribution in [0.1, 0.15) is 27.2 Å². The standard InChI is InChI=1S/C14H28F3N3/c1-4-5-18-10-13(2,3)11-19-6-8-20(9-7-19)12-14(15,16)17/h18H,4-12H2,1-3H3. The summed E-state index contributed by atoms with van der Waals surface area (Å²) in [7, 11) is 0. The van der Waals surface area contributed by atoms with Crippen molar-refractivity contribution in [3.63, 3.8) is 0 Å². The van der Waals surface area contributed by atoms with Gasteiger partial charge in [-0.15, -0.1) is 0 Å². The molecular weight excluding hydrogens is 267 g/mol. The zero-order valence-electron chi connectivity index (χ0n) is 12.9. The lowest BCUT2D eigenvalue weighted by atomic mass is 9.92. The van der Waals surface area contributed by atoms with Crippen molar-refractivity contribution in [2.24, 2.45) is 5.41 Å². The van der Waals surface area contributed by atoms with Crippen LogP contribution in [0.5, 0.6) is 0 Å². The van der Waals surface area contributed by atoms with Gasteiger partial charge in [0.1, 0.15) is 0 Å². The highest BCUT2D eigenvalue weighted by atomic mass is 19.4. The van der Waals surface area contributed by atoms with Crippen molar-refractivity contribution in [3.8, 4) is 0 Å². The van der Waals surface area contributed by atoms with Crippen LogP contribution in [-0.2, 0) is 0 Å². The van der Waals surface area contributed by atoms with Crippen molar-refractivity contribution in [2.75, 3.05) is 52.4 Å². The van der Waals surface area contributed by atoms with Crippen molar-refractivity contribution in [1.82, 2.24) is 15.1 Å². The number of hydrogen-bond donors (Lipinski definition) is 1. The molecule has 20 heavy (non-hydrogen) atoms. The molecule has 0 unspecified atom stereocenters. The van der Waals surface area contributed by atoms with Crippen molar-refractivity contribution in [3.05, 3.63) is 0 Å². The summed E-state index contributed by atoms with van der Waals surface area (Å²) in [6.45, 7) is 11.2. The Kier molecular flexibility index (Phi) is 6.75. The molecule has 3 nitrogen and oxygen atoms in total. The van der Waals surface area contributed by atoms with Crippen molar-refractivity contribution < 1.29 is 13.2 Å². The predicted octanol–water partition coefficient (Wildman–Crippen LogP) is 2.19. The summed E-state index contributed by atoms with van der Waals surface area (Å²) in [5.41, 5.74) is 0.154. The number of nitrogens with zero attached hydrogens (tertiary/aromatic N) is 2. The summed E-state index contributed by atoms with van der Waals surface area (Å²) >= 11 is 0. The molecule has 0 saturated carbocycles. The molecule has 0 aromatic rings. The molecule has 1 heterocycles. The van der Waals surface area contributed by atoms with E-state index < -0.39 is 12.7 Å². The third-order valence-electron chi connectivity index (χ3n) is 3.55. The molecule has 0 aromatic carbocycles. The lowest BCUT2D eigenvalue weighted by Gasteiger charge is -2.39. The van der Waals surface area contributed by atoms with E-state index in [0.29, 0.717) is 13.1 Å². The van der Waals surface area contributed by atoms with Crippen LogP contribution in [0.3, 0.4) is 0 Å². The summed E-state index contributed by atoms with van der Waals surface area (Å²) in [5.74, 6) is 0. The van der Waals surface area contributed by atoms with Gasteiger partial charge in [0.15, 0.2) is 0 Å². The van der Waals surface area contributed by atoms with Crippen LogP contribution in [-0.4, -0.2) is 68.3 Å². The Morgan fingerprint density at radius 2 is 1.45 bits per heavy atom. The van der Waals surface area contributed by atoms with Gasteiger partial charge in [-0.2, -0.15) is 13.2 Å². The van der Waals surface area contributed by atoms with E-state index >= 15 is 0 Å². The third-order valence-corrected chi connectivity index (χ3v) is 3.55. The zero-order chi connectivity index (χ0) is 15.2. The van der Waals surface area contributed by atoms with Crippen LogP contribution < -0.4 is 5.32 Å². The fraction of sp³-hybridized carbons (Fsp3) is 1.00. The second kappa shape index (κ2) is 7.61. The first-order chi connectivity index (χ1) is 9.22. The molecule has 1 rings (SSSR count). The molecule has 0 aromatic heterocycles. The summed E-state index contributed by atoms with van der Waals surface area (Å²) in [4.78, 5) is 3.78. The Hall–Kier alpha value is -0.330. The molecule has 0 atom stereocenters. The molecule has 0 amide bonds. The Balaban J connectivity index is 2.27. The molecule has 0 radical (unpaired) electrons. The largest absolute Gasteiger partial charge is 0.401 e. The molecule has 1 aliphatic heterocycles. The van der Waals surface area contributed by atoms with Crippen molar-refractivity contribution >= 4 is 0 Å². The Morgan fingerprint density at radius 3 is 1.90 bits per heavy atom. The Bertz CT molecular complexity index is 271. The van der Waals surface area contributed by atoms with Gasteiger partial charge in [0.05, 0.1) is 6.54 Å². The van der Waals surface area contributed by atoms with Gasteiger partial charge in [-0.25, -0.2) is 0 Å². The maximum atomic E-state index is 12.3. The first-order valence-electron chi connectivity index (χ1n) is 7.44. The van der Waals surface area contributed by atoms with E-state index in [1.54, 1.807) is 0 Å². The second-order valence-corrected chi connectivity index (χ2v) is 6.51. The predicted molar refractivity (Wildman–Crippen MR) is 75.9 cm³/mol. The second-order valence-electron chi connectivity index (χ2n) is 6.51. The van der Waals surface area contributed by atoms with Crippen LogP contribution in [0.25, 0.3) is 0 Å². The maximum Gasteiger partial charge on any atom is 0.401 e. The molecule has 6 heteroatoms. The number of rotatable bonds is 7. The Labute approximate surface area is 120 Å². The van der Waals surface area contributed by atoms with E-state index in [4.69, 9.17) is 0 Å². The molecular formula is C14H28F3N3. The number of nitrogens with one attached hydrogen (secondary N) is 1. The minimum atomic E-state index is -4.08. The first kappa shape index (κ1) is 17.7. The lowest BCUT2D eigenvalue weighted by molar-refractivity contribution is -0.149. The molecule has 1 N–H and O–H groups in total. The van der Waals surface area contributed by atoms with Crippen molar-refractivity contribution in [1.29, 1.82) is 0 Å². The molecule has 0 aliphatic carbocycles. The molecule has 0 bridgehead atoms. The van der Waals surface area contributed by atoms with Gasteiger partial charge >= 0.3 is 6.18 Å². The number of halogens is 3. The SMILES string of the molecule is CCCNCC(C)(C)CN1CCN(CC(F)(F)F)CC1. The average Bonchev–Trinajstić information content (AvgIpc) is 2.30. The highest BCUT2D eigenvalue weighted by Gasteiger charge is 2.32. The summed E-state index contributed by atoms with van der Waals surface area (Å²) in [6.07, 6.45) is -2.96. The van der Waals surface area contributed by atoms with Gasteiger partial charge in [0, 0.05) is 39.3 Å². The van der Waals surface area contributed by atoms with Crippen molar-refractivity contribution in [2.45, 2.75) is 33.4 Å². The van der Waals surface area contributed by atoms with E-state index in [1.165, 1.54) is 4.90 Å². The van der Waals surface area contributed by atoms with Gasteiger partial charge in [-0.05, 0) is 18.4 Å². The minimum Gasteiger partial charge on any atom is -0.316 e. The molecule has 1 saturated heterocycles. The molecule has 1 fully saturated rings. The van der Waals surface area contributed by atoms with E-state index in [9.17, 15) is 13.2 Å². The summed E-state index contributed by atoms with van der Waals surface area (Å²) < 4.78 is 37.0. The number of hydrogen-bond acceptors (Lipinski definition) is 3. The average molecular weight is 295 g/mol. The normalized spacial score (nSPS) is 19.5. The van der Waals surface area contributed by atoms with Gasteiger partial charge in [-0.3, -0.25) is 4.90 Å². The summed E-state index contributed by atoms with van der Waals surface area (Å²) in [6, 6.07) is 0. The quantitative estimate of drug-likeness (QED) is 0.726. The third kappa shape index (κ3) is 7.45. The van der Waals surface area contributed by atoms with Gasteiger partial charge < -0.3 is 10.2 Å². The van der Waals surface area contributed by atoms with E-state index in [-0.39, 0.29) is 5.41 Å². The summed E-state index contributed by atoms with van der Waals surface area (Å²) in [5, 5.41) is 3.42. The Morgan fingerprint density at radius 1 is 0.950 bits per heavy atom. The zero-order valence-corrected chi connectivity index (χ0v) is 12.9. The van der Waals surface area contributed by atoms with Crippen LogP contribution in [0, 0.1) is 5.41 Å². The lowest BCUT2D eigenvalue weighted by Crippen LogP contribution is -2.52. The van der Waals surface area contributed by atoms with Crippen LogP contribution >= 0.6 is 0 Å². The molecule has 120 valence electrons. The minimum absolute atomic E-state index is 0.154. The van der Waals surface area contributed by atoms with Gasteiger partial charge in [0.25, 0.3) is 0 Å². The van der Waals surface area contributed by atoms with Gasteiger partial charge in [0.2, 0.25) is 0 Å². The fourth-order valence-electron chi connectivity index (χ4n) is 2.62. The van der Waals surface area contributed by atoms with E-state index in [0.717, 1.165) is 39.1 Å². The highest BCUT2D eigenvalue weighted by Crippen LogP contribution is 2.20. The van der Waals surface area contributed by atoms with E-state index in [1.807, 2.05) is 0 Å². The topological polar surface area (TPSA) is 18.5 Å². The fourth-order valence-corrected chi connectivity index (χ4v) is 2.62. The van der Waals surface area contributed by atoms with Crippen LogP contribution in [0.2, 0.25) is 0 Å². The maximum absolute atomic E-state index is 12.3. The van der Waals surface area contributed by atoms with E-state index in [2.05, 4.69) is 31.0 Å². The van der Waals surface area contributed by atoms with Crippen LogP contribution in [0.4, 0.5) is 13.2 Å². The molecule has 1 aliphatic rings. The van der Waals surface area contributed by atoms with Gasteiger partial charge in [-0.1, -0.05) is 20.8 Å². The number of alkyl halides is 3.